The largest absolute Gasteiger partial charge is 0.491 e. The Morgan fingerprint density at radius 3 is 1.85 bits per heavy atom. The summed E-state index contributed by atoms with van der Waals surface area (Å²) in [6.45, 7) is 2.33. The third kappa shape index (κ3) is 10.9. The zero-order valence-corrected chi connectivity index (χ0v) is 22.9. The molecule has 0 amide bonds. The number of hydrogen-bond donors (Lipinski definition) is 0. The van der Waals surface area contributed by atoms with E-state index in [4.69, 9.17) is 28.1 Å². The van der Waals surface area contributed by atoms with Crippen molar-refractivity contribution >= 4 is 17.7 Å². The maximum absolute atomic E-state index is 13.5. The maximum Gasteiger partial charge on any atom is 0.313 e. The number of nitrogens with zero attached hydrogens (tertiary/aromatic N) is 2. The normalized spacial score (nSPS) is 11.1. The lowest BCUT2D eigenvalue weighted by Crippen LogP contribution is -2.16. The Balaban J connectivity index is 1.11. The van der Waals surface area contributed by atoms with Gasteiger partial charge in [-0.05, 0) is 30.5 Å². The minimum absolute atomic E-state index is 0.0184. The number of rotatable bonds is 19. The quantitative estimate of drug-likeness (QED) is 0.0483. The number of thioether (sulfide) groups is 1. The van der Waals surface area contributed by atoms with Crippen LogP contribution in [-0.2, 0) is 23.7 Å². The van der Waals surface area contributed by atoms with Gasteiger partial charge in [-0.25, -0.2) is 8.78 Å². The zero-order valence-electron chi connectivity index (χ0n) is 22.0. The third-order valence-corrected chi connectivity index (χ3v) is 5.55. The van der Waals surface area contributed by atoms with Crippen LogP contribution < -0.4 is 9.47 Å². The Morgan fingerprint density at radius 1 is 0.780 bits per heavy atom. The van der Waals surface area contributed by atoms with Crippen molar-refractivity contribution in [1.82, 2.24) is 10.2 Å². The van der Waals surface area contributed by atoms with Crippen molar-refractivity contribution in [2.45, 2.75) is 11.6 Å². The molecule has 1 aromatic heterocycles. The second-order valence-electron chi connectivity index (χ2n) is 7.92. The van der Waals surface area contributed by atoms with Crippen molar-refractivity contribution in [1.29, 1.82) is 0 Å². The van der Waals surface area contributed by atoms with E-state index in [1.807, 2.05) is 30.5 Å². The van der Waals surface area contributed by atoms with Crippen LogP contribution >= 0.6 is 11.8 Å². The fourth-order valence-corrected chi connectivity index (χ4v) is 3.33. The first-order valence-corrected chi connectivity index (χ1v) is 13.6. The highest BCUT2D eigenvalue weighted by Gasteiger charge is 2.22. The summed E-state index contributed by atoms with van der Waals surface area (Å²) in [5, 5.41) is 8.39. The van der Waals surface area contributed by atoms with E-state index < -0.39 is 41.4 Å². The van der Waals surface area contributed by atoms with Gasteiger partial charge >= 0.3 is 5.97 Å². The average molecular weight is 605 g/mol. The second-order valence-corrected chi connectivity index (χ2v) is 8.68. The van der Waals surface area contributed by atoms with Crippen LogP contribution in [0.1, 0.15) is 6.42 Å². The van der Waals surface area contributed by atoms with Crippen molar-refractivity contribution in [2.24, 2.45) is 0 Å². The van der Waals surface area contributed by atoms with Crippen LogP contribution in [0.3, 0.4) is 0 Å². The topological polar surface area (TPSA) is 111 Å². The summed E-state index contributed by atoms with van der Waals surface area (Å²) in [7, 11) is 0. The van der Waals surface area contributed by atoms with Crippen LogP contribution in [0, 0.1) is 23.3 Å². The first-order chi connectivity index (χ1) is 19.9. The van der Waals surface area contributed by atoms with Crippen LogP contribution in [0.4, 0.5) is 17.6 Å². The fourth-order valence-electron chi connectivity index (χ4n) is 3.04. The molecule has 0 bridgehead atoms. The van der Waals surface area contributed by atoms with Gasteiger partial charge in [-0.3, -0.25) is 4.79 Å². The van der Waals surface area contributed by atoms with Crippen LogP contribution in [-0.4, -0.2) is 81.9 Å². The molecule has 0 aliphatic carbocycles. The van der Waals surface area contributed by atoms with Gasteiger partial charge in [-0.1, -0.05) is 11.8 Å². The number of carbonyl (C=O) groups excluding carboxylic acids is 1. The highest BCUT2D eigenvalue weighted by atomic mass is 32.2. The molecule has 0 saturated heterocycles. The van der Waals surface area contributed by atoms with E-state index in [-0.39, 0.29) is 25.9 Å². The van der Waals surface area contributed by atoms with E-state index in [0.29, 0.717) is 56.5 Å². The predicted octanol–water partition coefficient (Wildman–Crippen LogP) is 4.46. The van der Waals surface area contributed by atoms with Gasteiger partial charge in [0, 0.05) is 11.6 Å². The predicted molar refractivity (Wildman–Crippen MR) is 137 cm³/mol. The van der Waals surface area contributed by atoms with Gasteiger partial charge in [0.05, 0.1) is 59.3 Å². The summed E-state index contributed by atoms with van der Waals surface area (Å²) >= 11 is 1.38. The molecule has 2 aromatic carbocycles. The summed E-state index contributed by atoms with van der Waals surface area (Å²) in [6.07, 6.45) is 1.47. The van der Waals surface area contributed by atoms with Gasteiger partial charge in [0.2, 0.25) is 23.3 Å². The molecule has 224 valence electrons. The Morgan fingerprint density at radius 2 is 1.32 bits per heavy atom. The summed E-state index contributed by atoms with van der Waals surface area (Å²) in [6, 6.07) is 7.30. The van der Waals surface area contributed by atoms with Gasteiger partial charge in [-0.15, -0.1) is 10.2 Å². The van der Waals surface area contributed by atoms with E-state index in [1.54, 1.807) is 0 Å². The van der Waals surface area contributed by atoms with E-state index in [9.17, 15) is 22.4 Å². The fraction of sp³-hybridized carbons (Fsp3) is 0.423. The molecule has 10 nitrogen and oxygen atoms in total. The van der Waals surface area contributed by atoms with Gasteiger partial charge in [0.25, 0.3) is 5.22 Å². The summed E-state index contributed by atoms with van der Waals surface area (Å²) < 4.78 is 90.0. The van der Waals surface area contributed by atoms with Gasteiger partial charge in [0.15, 0.2) is 11.6 Å². The van der Waals surface area contributed by atoms with Gasteiger partial charge < -0.3 is 32.8 Å². The minimum atomic E-state index is -1.79. The Bertz CT molecular complexity index is 1210. The maximum atomic E-state index is 13.5. The molecule has 0 spiro atoms. The summed E-state index contributed by atoms with van der Waals surface area (Å²) in [5.74, 6) is -8.34. The Kier molecular flexibility index (Phi) is 13.8. The monoisotopic (exact) mass is 604 g/mol. The Hall–Kier alpha value is -3.24. The molecule has 0 aliphatic heterocycles. The molecule has 3 aromatic rings. The standard InChI is InChI=1S/C26H28F4N2O8S/c1-41-26-32-31-25(40-26)17-2-4-18(5-3-17)38-15-14-37-13-12-36-11-10-35-9-8-34-7-6-21(33)39-24-22(29)19(27)16-20(28)23(24)30/h2-5,16H,6-15H2,1H3. The molecule has 0 fully saturated rings. The molecule has 1 heterocycles. The molecule has 0 aliphatic rings. The first-order valence-electron chi connectivity index (χ1n) is 12.3. The Labute approximate surface area is 237 Å². The molecule has 15 heteroatoms. The molecular formula is C26H28F4N2O8S. The van der Waals surface area contributed by atoms with Crippen molar-refractivity contribution < 1.29 is 55.2 Å². The molecule has 0 N–H and O–H groups in total. The van der Waals surface area contributed by atoms with E-state index in [2.05, 4.69) is 14.9 Å². The van der Waals surface area contributed by atoms with Crippen LogP contribution in [0.5, 0.6) is 11.5 Å². The molecule has 0 unspecified atom stereocenters. The lowest BCUT2D eigenvalue weighted by Gasteiger charge is -2.09. The molecule has 0 saturated carbocycles. The number of ether oxygens (including phenoxy) is 6. The number of benzene rings is 2. The van der Waals surface area contributed by atoms with E-state index >= 15 is 0 Å². The van der Waals surface area contributed by atoms with Gasteiger partial charge in [-0.2, -0.15) is 8.78 Å². The molecule has 3 rings (SSSR count). The molecule has 0 radical (unpaired) electrons. The third-order valence-electron chi connectivity index (χ3n) is 5.03. The van der Waals surface area contributed by atoms with Crippen molar-refractivity contribution in [3.8, 4) is 23.0 Å². The second kappa shape index (κ2) is 17.5. The average Bonchev–Trinajstić information content (AvgIpc) is 3.46. The summed E-state index contributed by atoms with van der Waals surface area (Å²) in [5.41, 5.74) is 0.799. The lowest BCUT2D eigenvalue weighted by molar-refractivity contribution is -0.136. The highest BCUT2D eigenvalue weighted by molar-refractivity contribution is 7.98. The van der Waals surface area contributed by atoms with E-state index in [1.165, 1.54) is 11.8 Å². The van der Waals surface area contributed by atoms with Crippen molar-refractivity contribution in [2.75, 3.05) is 65.7 Å². The number of hydrogen-bond acceptors (Lipinski definition) is 11. The smallest absolute Gasteiger partial charge is 0.313 e. The number of esters is 1. The van der Waals surface area contributed by atoms with Crippen LogP contribution in [0.2, 0.25) is 0 Å². The zero-order chi connectivity index (χ0) is 29.5. The van der Waals surface area contributed by atoms with Crippen LogP contribution in [0.15, 0.2) is 40.0 Å². The highest BCUT2D eigenvalue weighted by Crippen LogP contribution is 2.27. The number of halogens is 4. The van der Waals surface area contributed by atoms with Gasteiger partial charge in [0.1, 0.15) is 12.4 Å². The van der Waals surface area contributed by atoms with E-state index in [0.717, 1.165) is 5.56 Å². The van der Waals surface area contributed by atoms with Crippen LogP contribution in [0.25, 0.3) is 11.5 Å². The minimum Gasteiger partial charge on any atom is -0.491 e. The first kappa shape index (κ1) is 32.3. The number of carbonyl (C=O) groups is 1. The number of aromatic nitrogens is 2. The SMILES string of the molecule is CSc1nnc(-c2ccc(OCCOCCOCCOCCOCCC(=O)Oc3c(F)c(F)cc(F)c3F)cc2)o1. The summed E-state index contributed by atoms with van der Waals surface area (Å²) in [4.78, 5) is 11.6. The van der Waals surface area contributed by atoms with Crippen molar-refractivity contribution in [3.63, 3.8) is 0 Å². The molecule has 0 atom stereocenters. The molecular weight excluding hydrogens is 576 g/mol. The van der Waals surface area contributed by atoms with Crippen molar-refractivity contribution in [3.05, 3.63) is 53.6 Å². The lowest BCUT2D eigenvalue weighted by atomic mass is 10.2. The molecule has 41 heavy (non-hydrogen) atoms.